The average molecular weight is 312 g/mol. The smallest absolute Gasteiger partial charge is 0.191 e. The first-order valence-electron chi connectivity index (χ1n) is 8.14. The fraction of sp³-hybridized carbons (Fsp3) is 0.389. The summed E-state index contributed by atoms with van der Waals surface area (Å²) in [5.41, 5.74) is 1.29. The number of aromatic nitrogens is 1. The molecule has 0 spiro atoms. The number of hydrogen-bond donors (Lipinski definition) is 2. The van der Waals surface area contributed by atoms with Crippen molar-refractivity contribution in [2.45, 2.75) is 18.9 Å². The molecule has 0 aliphatic carbocycles. The van der Waals surface area contributed by atoms with Gasteiger partial charge in [-0.05, 0) is 30.2 Å². The van der Waals surface area contributed by atoms with Crippen molar-refractivity contribution in [1.82, 2.24) is 15.2 Å². The highest BCUT2D eigenvalue weighted by atomic mass is 16.5. The van der Waals surface area contributed by atoms with Crippen molar-refractivity contribution < 1.29 is 4.74 Å². The van der Waals surface area contributed by atoms with Gasteiger partial charge in [0.25, 0.3) is 0 Å². The first kappa shape index (κ1) is 15.5. The van der Waals surface area contributed by atoms with Gasteiger partial charge in [0.15, 0.2) is 5.96 Å². The Labute approximate surface area is 137 Å². The van der Waals surface area contributed by atoms with Gasteiger partial charge in [0.05, 0.1) is 6.61 Å². The molecule has 0 saturated heterocycles. The zero-order valence-corrected chi connectivity index (χ0v) is 13.5. The average Bonchev–Trinajstić information content (AvgIpc) is 3.11. The van der Waals surface area contributed by atoms with Crippen LogP contribution in [0, 0.1) is 0 Å². The van der Waals surface area contributed by atoms with Gasteiger partial charge in [-0.25, -0.2) is 0 Å². The molecule has 2 N–H and O–H groups in total. The van der Waals surface area contributed by atoms with Crippen molar-refractivity contribution in [1.29, 1.82) is 0 Å². The summed E-state index contributed by atoms with van der Waals surface area (Å²) in [6.07, 6.45) is 5.16. The molecule has 0 amide bonds. The molecule has 1 aromatic carbocycles. The van der Waals surface area contributed by atoms with E-state index in [-0.39, 0.29) is 0 Å². The lowest BCUT2D eigenvalue weighted by atomic mass is 9.93. The summed E-state index contributed by atoms with van der Waals surface area (Å²) < 4.78 is 7.86. The quantitative estimate of drug-likeness (QED) is 0.657. The standard InChI is InChI=1S/C18H24N4O/c1-19-18(20-9-12-22-10-4-5-11-22)21-14-15-8-13-23-17-7-3-2-6-16(15)17/h2-7,10-11,15H,8-9,12-14H2,1H3,(H2,19,20,21). The van der Waals surface area contributed by atoms with E-state index in [0.29, 0.717) is 5.92 Å². The Kier molecular flexibility index (Phi) is 5.19. The van der Waals surface area contributed by atoms with Crippen LogP contribution in [-0.4, -0.2) is 37.3 Å². The normalized spacial score (nSPS) is 17.3. The molecule has 0 radical (unpaired) electrons. The third-order valence-electron chi connectivity index (χ3n) is 4.15. The molecule has 1 atom stereocenters. The molecule has 122 valence electrons. The predicted octanol–water partition coefficient (Wildman–Crippen LogP) is 2.22. The second-order valence-corrected chi connectivity index (χ2v) is 5.67. The Hall–Kier alpha value is -2.43. The van der Waals surface area contributed by atoms with Gasteiger partial charge >= 0.3 is 0 Å². The predicted molar refractivity (Wildman–Crippen MR) is 93.1 cm³/mol. The van der Waals surface area contributed by atoms with Crippen LogP contribution in [0.1, 0.15) is 17.9 Å². The second kappa shape index (κ2) is 7.72. The van der Waals surface area contributed by atoms with Crippen LogP contribution >= 0.6 is 0 Å². The van der Waals surface area contributed by atoms with Crippen LogP contribution in [0.2, 0.25) is 0 Å². The fourth-order valence-corrected chi connectivity index (χ4v) is 2.89. The number of hydrogen-bond acceptors (Lipinski definition) is 2. The molecular formula is C18H24N4O. The molecule has 0 fully saturated rings. The Balaban J connectivity index is 1.49. The zero-order chi connectivity index (χ0) is 15.9. The largest absolute Gasteiger partial charge is 0.493 e. The zero-order valence-electron chi connectivity index (χ0n) is 13.5. The van der Waals surface area contributed by atoms with Crippen molar-refractivity contribution >= 4 is 5.96 Å². The molecule has 5 nitrogen and oxygen atoms in total. The van der Waals surface area contributed by atoms with Gasteiger partial charge in [0, 0.05) is 45.0 Å². The van der Waals surface area contributed by atoms with Crippen LogP contribution < -0.4 is 15.4 Å². The molecule has 5 heteroatoms. The lowest BCUT2D eigenvalue weighted by molar-refractivity contribution is 0.267. The number of aliphatic imine (C=N–C) groups is 1. The molecule has 1 aromatic heterocycles. The summed E-state index contributed by atoms with van der Waals surface area (Å²) in [4.78, 5) is 4.30. The lowest BCUT2D eigenvalue weighted by Crippen LogP contribution is -2.41. The molecule has 0 saturated carbocycles. The van der Waals surface area contributed by atoms with Crippen molar-refractivity contribution in [3.8, 4) is 5.75 Å². The SMILES string of the molecule is CN=C(NCCn1cccc1)NCC1CCOc2ccccc21. The number of rotatable bonds is 5. The van der Waals surface area contributed by atoms with E-state index in [1.807, 2.05) is 31.3 Å². The first-order chi connectivity index (χ1) is 11.4. The molecule has 3 rings (SSSR count). The van der Waals surface area contributed by atoms with Crippen LogP contribution in [0.15, 0.2) is 53.8 Å². The van der Waals surface area contributed by atoms with Gasteiger partial charge < -0.3 is 19.9 Å². The van der Waals surface area contributed by atoms with Crippen molar-refractivity contribution in [2.24, 2.45) is 4.99 Å². The molecular weight excluding hydrogens is 288 g/mol. The van der Waals surface area contributed by atoms with Crippen LogP contribution in [0.3, 0.4) is 0 Å². The highest BCUT2D eigenvalue weighted by Crippen LogP contribution is 2.32. The van der Waals surface area contributed by atoms with E-state index in [2.05, 4.69) is 44.7 Å². The maximum Gasteiger partial charge on any atom is 0.191 e. The maximum atomic E-state index is 5.72. The summed E-state index contributed by atoms with van der Waals surface area (Å²) in [5, 5.41) is 6.79. The minimum atomic E-state index is 0.461. The van der Waals surface area contributed by atoms with E-state index < -0.39 is 0 Å². The summed E-state index contributed by atoms with van der Waals surface area (Å²) >= 11 is 0. The van der Waals surface area contributed by atoms with Gasteiger partial charge in [-0.1, -0.05) is 18.2 Å². The van der Waals surface area contributed by atoms with E-state index in [0.717, 1.165) is 44.4 Å². The minimum absolute atomic E-state index is 0.461. The van der Waals surface area contributed by atoms with Crippen LogP contribution in [-0.2, 0) is 6.54 Å². The highest BCUT2D eigenvalue weighted by molar-refractivity contribution is 5.79. The monoisotopic (exact) mass is 312 g/mol. The molecule has 1 aliphatic heterocycles. The molecule has 0 bridgehead atoms. The number of guanidine groups is 1. The van der Waals surface area contributed by atoms with Gasteiger partial charge in [-0.15, -0.1) is 0 Å². The van der Waals surface area contributed by atoms with Gasteiger partial charge in [-0.3, -0.25) is 4.99 Å². The number of nitrogens with one attached hydrogen (secondary N) is 2. The Morgan fingerprint density at radius 3 is 2.87 bits per heavy atom. The van der Waals surface area contributed by atoms with E-state index in [9.17, 15) is 0 Å². The molecule has 23 heavy (non-hydrogen) atoms. The van der Waals surface area contributed by atoms with E-state index in [1.54, 1.807) is 0 Å². The van der Waals surface area contributed by atoms with Crippen molar-refractivity contribution in [3.63, 3.8) is 0 Å². The first-order valence-corrected chi connectivity index (χ1v) is 8.14. The van der Waals surface area contributed by atoms with Gasteiger partial charge in [0.1, 0.15) is 5.75 Å². The number of para-hydroxylation sites is 1. The maximum absolute atomic E-state index is 5.72. The number of fused-ring (bicyclic) bond motifs is 1. The van der Waals surface area contributed by atoms with E-state index >= 15 is 0 Å². The summed E-state index contributed by atoms with van der Waals surface area (Å²) in [7, 11) is 1.81. The van der Waals surface area contributed by atoms with Gasteiger partial charge in [0.2, 0.25) is 0 Å². The molecule has 2 heterocycles. The second-order valence-electron chi connectivity index (χ2n) is 5.67. The van der Waals surface area contributed by atoms with Crippen LogP contribution in [0.5, 0.6) is 5.75 Å². The lowest BCUT2D eigenvalue weighted by Gasteiger charge is -2.26. The summed E-state index contributed by atoms with van der Waals surface area (Å²) in [5.74, 6) is 2.32. The van der Waals surface area contributed by atoms with Crippen LogP contribution in [0.25, 0.3) is 0 Å². The Morgan fingerprint density at radius 2 is 2.04 bits per heavy atom. The highest BCUT2D eigenvalue weighted by Gasteiger charge is 2.20. The summed E-state index contributed by atoms with van der Waals surface area (Å²) in [6, 6.07) is 12.4. The minimum Gasteiger partial charge on any atom is -0.493 e. The van der Waals surface area contributed by atoms with Gasteiger partial charge in [-0.2, -0.15) is 0 Å². The third kappa shape index (κ3) is 4.06. The van der Waals surface area contributed by atoms with Crippen molar-refractivity contribution in [3.05, 3.63) is 54.4 Å². The number of nitrogens with zero attached hydrogens (tertiary/aromatic N) is 2. The fourth-order valence-electron chi connectivity index (χ4n) is 2.89. The van der Waals surface area contributed by atoms with E-state index in [1.165, 1.54) is 5.56 Å². The summed E-state index contributed by atoms with van der Waals surface area (Å²) in [6.45, 7) is 3.42. The van der Waals surface area contributed by atoms with E-state index in [4.69, 9.17) is 4.74 Å². The molecule has 2 aromatic rings. The topological polar surface area (TPSA) is 50.6 Å². The third-order valence-corrected chi connectivity index (χ3v) is 4.15. The molecule has 1 aliphatic rings. The number of benzene rings is 1. The molecule has 1 unspecified atom stereocenters. The number of ether oxygens (including phenoxy) is 1. The van der Waals surface area contributed by atoms with Crippen LogP contribution in [0.4, 0.5) is 0 Å². The Bertz CT molecular complexity index is 636. The Morgan fingerprint density at radius 1 is 1.22 bits per heavy atom. The van der Waals surface area contributed by atoms with Crippen molar-refractivity contribution in [2.75, 3.05) is 26.7 Å².